The third-order valence-electron chi connectivity index (χ3n) is 4.09. The minimum Gasteiger partial charge on any atom is -0.375 e. The first-order valence-electron chi connectivity index (χ1n) is 8.45. The van der Waals surface area contributed by atoms with E-state index in [4.69, 9.17) is 10.5 Å². The molecule has 0 saturated carbocycles. The van der Waals surface area contributed by atoms with E-state index in [9.17, 15) is 4.79 Å². The van der Waals surface area contributed by atoms with Crippen molar-refractivity contribution in [1.29, 1.82) is 0 Å². The van der Waals surface area contributed by atoms with Crippen molar-refractivity contribution in [2.75, 3.05) is 25.4 Å². The molecule has 0 spiro atoms. The van der Waals surface area contributed by atoms with Crippen LogP contribution in [0.4, 0.5) is 9.93 Å². The molecule has 1 saturated heterocycles. The predicted molar refractivity (Wildman–Crippen MR) is 97.3 cm³/mol. The summed E-state index contributed by atoms with van der Waals surface area (Å²) in [5.74, 6) is 0. The molecule has 8 heteroatoms. The predicted octanol–water partition coefficient (Wildman–Crippen LogP) is 2.05. The van der Waals surface area contributed by atoms with Gasteiger partial charge in [0.15, 0.2) is 5.13 Å². The Morgan fingerprint density at radius 2 is 2.36 bits per heavy atom. The smallest absolute Gasteiger partial charge is 0.317 e. The number of carbonyl (C=O) groups is 1. The second kappa shape index (κ2) is 8.77. The highest BCUT2D eigenvalue weighted by Crippen LogP contribution is 2.15. The number of piperidine rings is 1. The van der Waals surface area contributed by atoms with Crippen molar-refractivity contribution in [3.8, 4) is 0 Å². The lowest BCUT2D eigenvalue weighted by Crippen LogP contribution is -2.48. The Bertz CT molecular complexity index is 679. The number of urea groups is 1. The molecule has 3 heterocycles. The Labute approximate surface area is 151 Å². The van der Waals surface area contributed by atoms with Gasteiger partial charge in [0.1, 0.15) is 0 Å². The van der Waals surface area contributed by atoms with Gasteiger partial charge in [-0.3, -0.25) is 4.98 Å². The zero-order valence-electron chi connectivity index (χ0n) is 14.1. The third kappa shape index (κ3) is 5.40. The van der Waals surface area contributed by atoms with E-state index in [1.807, 2.05) is 28.5 Å². The summed E-state index contributed by atoms with van der Waals surface area (Å²) in [6.45, 7) is 2.41. The van der Waals surface area contributed by atoms with Crippen molar-refractivity contribution >= 4 is 22.5 Å². The fourth-order valence-electron chi connectivity index (χ4n) is 2.79. The SMILES string of the molecule is Nc1nc(CCNC(=O)N2CCCC(OCc3ccccn3)C2)cs1. The van der Waals surface area contributed by atoms with Gasteiger partial charge in [0.05, 0.1) is 24.1 Å². The van der Waals surface area contributed by atoms with Crippen molar-refractivity contribution < 1.29 is 9.53 Å². The van der Waals surface area contributed by atoms with Crippen molar-refractivity contribution in [2.45, 2.75) is 32.0 Å². The van der Waals surface area contributed by atoms with Crippen LogP contribution < -0.4 is 11.1 Å². The number of ether oxygens (including phenoxy) is 1. The maximum absolute atomic E-state index is 12.3. The molecule has 1 atom stereocenters. The van der Waals surface area contributed by atoms with E-state index in [2.05, 4.69) is 15.3 Å². The maximum atomic E-state index is 12.3. The fourth-order valence-corrected chi connectivity index (χ4v) is 3.39. The molecule has 3 N–H and O–H groups in total. The average molecular weight is 361 g/mol. The van der Waals surface area contributed by atoms with Gasteiger partial charge in [-0.25, -0.2) is 9.78 Å². The number of thiazole rings is 1. The quantitative estimate of drug-likeness (QED) is 0.821. The van der Waals surface area contributed by atoms with Gasteiger partial charge in [0.2, 0.25) is 0 Å². The number of nitrogen functional groups attached to an aromatic ring is 1. The van der Waals surface area contributed by atoms with E-state index in [-0.39, 0.29) is 12.1 Å². The Morgan fingerprint density at radius 3 is 3.12 bits per heavy atom. The Balaban J connectivity index is 1.40. The highest BCUT2D eigenvalue weighted by atomic mass is 32.1. The van der Waals surface area contributed by atoms with E-state index >= 15 is 0 Å². The summed E-state index contributed by atoms with van der Waals surface area (Å²) >= 11 is 1.42. The normalized spacial score (nSPS) is 17.4. The van der Waals surface area contributed by atoms with Crippen molar-refractivity contribution in [3.63, 3.8) is 0 Å². The van der Waals surface area contributed by atoms with Crippen LogP contribution in [0, 0.1) is 0 Å². The summed E-state index contributed by atoms with van der Waals surface area (Å²) in [4.78, 5) is 22.6. The summed E-state index contributed by atoms with van der Waals surface area (Å²) in [6, 6.07) is 5.73. The summed E-state index contributed by atoms with van der Waals surface area (Å²) in [5.41, 5.74) is 7.43. The molecule has 1 fully saturated rings. The molecular formula is C17H23N5O2S. The molecule has 25 heavy (non-hydrogen) atoms. The number of likely N-dealkylation sites (tertiary alicyclic amines) is 1. The van der Waals surface area contributed by atoms with Gasteiger partial charge < -0.3 is 20.7 Å². The fraction of sp³-hybridized carbons (Fsp3) is 0.471. The molecule has 1 unspecified atom stereocenters. The zero-order chi connectivity index (χ0) is 17.5. The lowest BCUT2D eigenvalue weighted by Gasteiger charge is -2.32. The van der Waals surface area contributed by atoms with Crippen LogP contribution in [0.25, 0.3) is 0 Å². The molecule has 2 aromatic heterocycles. The van der Waals surface area contributed by atoms with Gasteiger partial charge in [0.25, 0.3) is 0 Å². The number of nitrogens with one attached hydrogen (secondary N) is 1. The van der Waals surface area contributed by atoms with Gasteiger partial charge >= 0.3 is 6.03 Å². The van der Waals surface area contributed by atoms with E-state index in [1.54, 1.807) is 6.20 Å². The molecule has 0 radical (unpaired) electrons. The van der Waals surface area contributed by atoms with Gasteiger partial charge in [-0.05, 0) is 25.0 Å². The minimum absolute atomic E-state index is 0.0469. The first-order chi connectivity index (χ1) is 12.2. The van der Waals surface area contributed by atoms with Crippen LogP contribution in [0.2, 0.25) is 0 Å². The van der Waals surface area contributed by atoms with E-state index in [0.717, 1.165) is 30.8 Å². The summed E-state index contributed by atoms with van der Waals surface area (Å²) < 4.78 is 5.92. The molecule has 1 aliphatic heterocycles. The molecule has 2 amide bonds. The summed E-state index contributed by atoms with van der Waals surface area (Å²) in [6.07, 6.45) is 4.42. The molecule has 3 rings (SSSR count). The van der Waals surface area contributed by atoms with Gasteiger partial charge in [0, 0.05) is 37.6 Å². The number of amides is 2. The Kier molecular flexibility index (Phi) is 6.19. The largest absolute Gasteiger partial charge is 0.375 e. The third-order valence-corrected chi connectivity index (χ3v) is 4.81. The van der Waals surface area contributed by atoms with E-state index < -0.39 is 0 Å². The standard InChI is InChI=1S/C17H23N5O2S/c18-16-21-14(12-25-16)6-8-20-17(23)22-9-3-5-15(10-22)24-11-13-4-1-2-7-19-13/h1-2,4,7,12,15H,3,5-6,8-11H2,(H2,18,21)(H,20,23). The number of rotatable bonds is 6. The topological polar surface area (TPSA) is 93.4 Å². The van der Waals surface area contributed by atoms with Crippen LogP contribution in [0.15, 0.2) is 29.8 Å². The lowest BCUT2D eigenvalue weighted by molar-refractivity contribution is -0.00162. The maximum Gasteiger partial charge on any atom is 0.317 e. The molecule has 0 aromatic carbocycles. The van der Waals surface area contributed by atoms with E-state index in [1.165, 1.54) is 11.3 Å². The van der Waals surface area contributed by atoms with E-state index in [0.29, 0.717) is 31.2 Å². The van der Waals surface area contributed by atoms with Crippen LogP contribution in [0.5, 0.6) is 0 Å². The molecule has 0 bridgehead atoms. The van der Waals surface area contributed by atoms with Crippen LogP contribution >= 0.6 is 11.3 Å². The first-order valence-corrected chi connectivity index (χ1v) is 9.33. The lowest BCUT2D eigenvalue weighted by atomic mass is 10.1. The molecule has 134 valence electrons. The number of hydrogen-bond acceptors (Lipinski definition) is 6. The number of carbonyl (C=O) groups excluding carboxylic acids is 1. The van der Waals surface area contributed by atoms with Crippen LogP contribution in [-0.2, 0) is 17.8 Å². The number of aromatic nitrogens is 2. The summed E-state index contributed by atoms with van der Waals surface area (Å²) in [5, 5.41) is 5.43. The van der Waals surface area contributed by atoms with Gasteiger partial charge in [-0.15, -0.1) is 11.3 Å². The van der Waals surface area contributed by atoms with Crippen molar-refractivity contribution in [1.82, 2.24) is 20.2 Å². The van der Waals surface area contributed by atoms with Crippen LogP contribution in [0.1, 0.15) is 24.2 Å². The van der Waals surface area contributed by atoms with Crippen molar-refractivity contribution in [3.05, 3.63) is 41.2 Å². The second-order valence-electron chi connectivity index (χ2n) is 6.00. The Morgan fingerprint density at radius 1 is 1.44 bits per heavy atom. The van der Waals surface area contributed by atoms with Crippen molar-refractivity contribution in [2.24, 2.45) is 0 Å². The number of nitrogens with zero attached hydrogens (tertiary/aromatic N) is 3. The number of hydrogen-bond donors (Lipinski definition) is 2. The summed E-state index contributed by atoms with van der Waals surface area (Å²) in [7, 11) is 0. The second-order valence-corrected chi connectivity index (χ2v) is 6.89. The monoisotopic (exact) mass is 361 g/mol. The number of anilines is 1. The Hall–Kier alpha value is -2.19. The van der Waals surface area contributed by atoms with Crippen LogP contribution in [-0.4, -0.2) is 46.6 Å². The zero-order valence-corrected chi connectivity index (χ0v) is 14.9. The minimum atomic E-state index is -0.0469. The molecule has 7 nitrogen and oxygen atoms in total. The number of nitrogens with two attached hydrogens (primary N) is 1. The average Bonchev–Trinajstić information content (AvgIpc) is 3.06. The highest BCUT2D eigenvalue weighted by molar-refractivity contribution is 7.13. The van der Waals surface area contributed by atoms with Crippen LogP contribution in [0.3, 0.4) is 0 Å². The first kappa shape index (κ1) is 17.6. The number of pyridine rings is 1. The highest BCUT2D eigenvalue weighted by Gasteiger charge is 2.24. The van der Waals surface area contributed by atoms with Gasteiger partial charge in [-0.1, -0.05) is 6.07 Å². The van der Waals surface area contributed by atoms with Gasteiger partial charge in [-0.2, -0.15) is 0 Å². The molecule has 1 aliphatic rings. The molecule has 2 aromatic rings. The molecular weight excluding hydrogens is 338 g/mol. The molecule has 0 aliphatic carbocycles.